The van der Waals surface area contributed by atoms with Crippen molar-refractivity contribution in [2.24, 2.45) is 0 Å². The van der Waals surface area contributed by atoms with Gasteiger partial charge in [0.15, 0.2) is 7.14 Å². The smallest absolute Gasteiger partial charge is 0.269 e. The SMILES string of the molecule is CC1=C(P(=O)(c2ccccc2)c2ccccc2)C(=O)N(c2ccccc2)P(Cl)N1c1ccccc1. The van der Waals surface area contributed by atoms with E-state index in [1.54, 1.807) is 4.67 Å². The Kier molecular flexibility index (Phi) is 6.62. The number of carbonyl (C=O) groups is 1. The molecule has 1 heterocycles. The summed E-state index contributed by atoms with van der Waals surface area (Å²) in [5, 5.41) is 1.48. The third kappa shape index (κ3) is 4.13. The van der Waals surface area contributed by atoms with Gasteiger partial charge in [0.05, 0.1) is 5.69 Å². The van der Waals surface area contributed by atoms with Gasteiger partial charge in [-0.3, -0.25) is 14.1 Å². The van der Waals surface area contributed by atoms with Crippen molar-refractivity contribution in [2.45, 2.75) is 6.92 Å². The number of rotatable bonds is 5. The fourth-order valence-corrected chi connectivity index (χ4v) is 9.90. The van der Waals surface area contributed by atoms with Gasteiger partial charge in [0.25, 0.3) is 5.91 Å². The van der Waals surface area contributed by atoms with Crippen LogP contribution < -0.4 is 19.9 Å². The molecule has 1 amide bonds. The molecule has 4 nitrogen and oxygen atoms in total. The first-order chi connectivity index (χ1) is 17.0. The van der Waals surface area contributed by atoms with Crippen LogP contribution in [0.3, 0.4) is 0 Å². The van der Waals surface area contributed by atoms with Crippen LogP contribution in [0, 0.1) is 0 Å². The molecular formula is C28H23ClN2O2P2. The topological polar surface area (TPSA) is 40.6 Å². The third-order valence-corrected chi connectivity index (χ3v) is 11.6. The van der Waals surface area contributed by atoms with Crippen molar-refractivity contribution in [2.75, 3.05) is 9.34 Å². The molecule has 1 aliphatic heterocycles. The molecule has 5 rings (SSSR count). The number of amides is 1. The average molecular weight is 517 g/mol. The maximum absolute atomic E-state index is 15.3. The highest BCUT2D eigenvalue weighted by atomic mass is 35.7. The molecule has 0 N–H and O–H groups in total. The second-order valence-electron chi connectivity index (χ2n) is 8.05. The van der Waals surface area contributed by atoms with Crippen molar-refractivity contribution in [1.29, 1.82) is 0 Å². The number of allylic oxidation sites excluding steroid dienone is 1. The molecule has 0 bridgehead atoms. The van der Waals surface area contributed by atoms with Gasteiger partial charge >= 0.3 is 0 Å². The molecule has 0 fully saturated rings. The summed E-state index contributed by atoms with van der Waals surface area (Å²) in [6.07, 6.45) is 0. The van der Waals surface area contributed by atoms with Crippen molar-refractivity contribution in [3.8, 4) is 0 Å². The number of carbonyl (C=O) groups excluding carboxylic acids is 1. The van der Waals surface area contributed by atoms with E-state index in [0.717, 1.165) is 5.69 Å². The lowest BCUT2D eigenvalue weighted by Crippen LogP contribution is -2.40. The minimum atomic E-state index is -3.56. The summed E-state index contributed by atoms with van der Waals surface area (Å²) in [6, 6.07) is 37.5. The van der Waals surface area contributed by atoms with Gasteiger partial charge in [-0.15, -0.1) is 0 Å². The molecule has 0 radical (unpaired) electrons. The Morgan fingerprint density at radius 2 is 1.00 bits per heavy atom. The Labute approximate surface area is 211 Å². The number of para-hydroxylation sites is 2. The van der Waals surface area contributed by atoms with Gasteiger partial charge in [0, 0.05) is 22.0 Å². The first-order valence-corrected chi connectivity index (χ1v) is 15.0. The monoisotopic (exact) mass is 516 g/mol. The van der Waals surface area contributed by atoms with Gasteiger partial charge in [-0.1, -0.05) is 97.1 Å². The number of halogens is 1. The van der Waals surface area contributed by atoms with Crippen LogP contribution in [0.4, 0.5) is 11.4 Å². The van der Waals surface area contributed by atoms with Crippen LogP contribution in [0.25, 0.3) is 0 Å². The minimum Gasteiger partial charge on any atom is -0.308 e. The van der Waals surface area contributed by atoms with Crippen LogP contribution in [0.2, 0.25) is 0 Å². The Bertz CT molecular complexity index is 1370. The molecule has 4 aromatic carbocycles. The normalized spacial score (nSPS) is 16.5. The zero-order valence-electron chi connectivity index (χ0n) is 19.0. The molecule has 0 aliphatic carbocycles. The number of nitrogens with zero attached hydrogens (tertiary/aromatic N) is 2. The summed E-state index contributed by atoms with van der Waals surface area (Å²) in [4.78, 5) is 14.3. The Hall–Kier alpha value is -3.16. The second-order valence-corrected chi connectivity index (χ2v) is 12.9. The van der Waals surface area contributed by atoms with E-state index >= 15 is 4.57 Å². The summed E-state index contributed by atoms with van der Waals surface area (Å²) in [7, 11) is -5.21. The zero-order chi connectivity index (χ0) is 24.4. The van der Waals surface area contributed by atoms with Gasteiger partial charge < -0.3 is 4.57 Å². The van der Waals surface area contributed by atoms with Gasteiger partial charge in [0.1, 0.15) is 5.31 Å². The van der Waals surface area contributed by atoms with E-state index in [2.05, 4.69) is 0 Å². The van der Waals surface area contributed by atoms with E-state index in [9.17, 15) is 4.79 Å². The largest absolute Gasteiger partial charge is 0.308 e. The van der Waals surface area contributed by atoms with E-state index in [0.29, 0.717) is 22.0 Å². The summed E-state index contributed by atoms with van der Waals surface area (Å²) in [6.45, 7) is 1.85. The van der Waals surface area contributed by atoms with E-state index in [1.807, 2.05) is 133 Å². The summed E-state index contributed by atoms with van der Waals surface area (Å²) in [5.41, 5.74) is 2.10. The summed E-state index contributed by atoms with van der Waals surface area (Å²) >= 11 is 7.09. The molecule has 35 heavy (non-hydrogen) atoms. The molecule has 1 aliphatic rings. The molecule has 0 saturated carbocycles. The molecule has 1 atom stereocenters. The molecule has 0 aromatic heterocycles. The first-order valence-electron chi connectivity index (χ1n) is 11.2. The number of anilines is 2. The maximum Gasteiger partial charge on any atom is 0.269 e. The van der Waals surface area contributed by atoms with Crippen LogP contribution in [0.15, 0.2) is 132 Å². The standard InChI is InChI=1S/C28H23ClN2O2P2/c1-22-27(35(33,25-18-10-4-11-19-25)26-20-12-5-13-21-26)28(32)31(24-16-8-3-9-17-24)34(29)30(22)23-14-6-2-7-15-23/h2-21H,1H3. The van der Waals surface area contributed by atoms with Crippen LogP contribution in [-0.2, 0) is 9.36 Å². The van der Waals surface area contributed by atoms with Crippen LogP contribution >= 0.6 is 26.0 Å². The first kappa shape index (κ1) is 23.6. The molecule has 0 spiro atoms. The van der Waals surface area contributed by atoms with Crippen molar-refractivity contribution < 1.29 is 9.36 Å². The summed E-state index contributed by atoms with van der Waals surface area (Å²) < 4.78 is 18.8. The van der Waals surface area contributed by atoms with Crippen molar-refractivity contribution in [1.82, 2.24) is 0 Å². The molecule has 7 heteroatoms. The highest BCUT2D eigenvalue weighted by Gasteiger charge is 2.47. The minimum absolute atomic E-state index is 0.266. The van der Waals surface area contributed by atoms with Crippen LogP contribution in [0.5, 0.6) is 0 Å². The summed E-state index contributed by atoms with van der Waals surface area (Å²) in [5.74, 6) is -0.335. The van der Waals surface area contributed by atoms with Gasteiger partial charge in [-0.05, 0) is 42.4 Å². The Morgan fingerprint density at radius 3 is 1.43 bits per heavy atom. The quantitative estimate of drug-likeness (QED) is 0.262. The molecular weight excluding hydrogens is 494 g/mol. The zero-order valence-corrected chi connectivity index (χ0v) is 21.6. The van der Waals surface area contributed by atoms with E-state index in [1.165, 1.54) is 0 Å². The molecule has 4 aromatic rings. The lowest BCUT2D eigenvalue weighted by molar-refractivity contribution is -0.113. The van der Waals surface area contributed by atoms with Crippen LogP contribution in [0.1, 0.15) is 6.92 Å². The molecule has 1 unspecified atom stereocenters. The van der Waals surface area contributed by atoms with E-state index in [-0.39, 0.29) is 11.2 Å². The lowest BCUT2D eigenvalue weighted by atomic mass is 10.3. The van der Waals surface area contributed by atoms with Gasteiger partial charge in [-0.2, -0.15) is 0 Å². The van der Waals surface area contributed by atoms with Crippen molar-refractivity contribution in [3.05, 3.63) is 132 Å². The molecule has 174 valence electrons. The fourth-order valence-electron chi connectivity index (χ4n) is 4.33. The molecule has 0 saturated heterocycles. The highest BCUT2D eigenvalue weighted by Crippen LogP contribution is 2.64. The van der Waals surface area contributed by atoms with Crippen LogP contribution in [-0.4, -0.2) is 5.91 Å². The lowest BCUT2D eigenvalue weighted by Gasteiger charge is -2.43. The number of hydrogen-bond acceptors (Lipinski definition) is 3. The Morgan fingerprint density at radius 1 is 0.629 bits per heavy atom. The van der Waals surface area contributed by atoms with Crippen molar-refractivity contribution in [3.63, 3.8) is 0 Å². The third-order valence-electron chi connectivity index (χ3n) is 5.94. The average Bonchev–Trinajstić information content (AvgIpc) is 2.91. The van der Waals surface area contributed by atoms with Gasteiger partial charge in [0.2, 0.25) is 7.58 Å². The number of benzene rings is 4. The van der Waals surface area contributed by atoms with Gasteiger partial charge in [-0.25, -0.2) is 0 Å². The predicted octanol–water partition coefficient (Wildman–Crippen LogP) is 7.25. The highest BCUT2D eigenvalue weighted by molar-refractivity contribution is 7.88. The Balaban J connectivity index is 1.83. The number of hydrogen-bond donors (Lipinski definition) is 0. The van der Waals surface area contributed by atoms with E-state index in [4.69, 9.17) is 11.2 Å². The predicted molar refractivity (Wildman–Crippen MR) is 148 cm³/mol. The maximum atomic E-state index is 15.3. The van der Waals surface area contributed by atoms with Crippen molar-refractivity contribution >= 4 is 53.8 Å². The van der Waals surface area contributed by atoms with E-state index < -0.39 is 14.7 Å². The fraction of sp³-hybridized carbons (Fsp3) is 0.0357. The second kappa shape index (κ2) is 9.84.